The Hall–Kier alpha value is -1.52. The van der Waals surface area contributed by atoms with E-state index >= 15 is 0 Å². The molecule has 1 aromatic carbocycles. The summed E-state index contributed by atoms with van der Waals surface area (Å²) in [5, 5.41) is 7.74. The van der Waals surface area contributed by atoms with Crippen molar-refractivity contribution in [1.82, 2.24) is 15.2 Å². The first kappa shape index (κ1) is 11.6. The van der Waals surface area contributed by atoms with E-state index in [-0.39, 0.29) is 11.9 Å². The Morgan fingerprint density at radius 1 is 1.39 bits per heavy atom. The third kappa shape index (κ3) is 1.69. The molecule has 1 saturated heterocycles. The number of nitrogens with one attached hydrogen (secondary N) is 2. The van der Waals surface area contributed by atoms with Crippen LogP contribution in [0.25, 0.3) is 10.9 Å². The predicted octanol–water partition coefficient (Wildman–Crippen LogP) is 1.59. The van der Waals surface area contributed by atoms with Gasteiger partial charge in [0.25, 0.3) is 0 Å². The lowest BCUT2D eigenvalue weighted by atomic mass is 10.0. The average molecular weight is 264 g/mol. The molecule has 18 heavy (non-hydrogen) atoms. The van der Waals surface area contributed by atoms with Crippen LogP contribution in [0.2, 0.25) is 5.02 Å². The Kier molecular flexibility index (Phi) is 2.76. The molecule has 1 atom stereocenters. The fourth-order valence-electron chi connectivity index (χ4n) is 2.50. The highest BCUT2D eigenvalue weighted by Gasteiger charge is 2.27. The summed E-state index contributed by atoms with van der Waals surface area (Å²) in [4.78, 5) is 11.9. The third-order valence-electron chi connectivity index (χ3n) is 3.34. The van der Waals surface area contributed by atoms with Gasteiger partial charge in [-0.05, 0) is 12.1 Å². The lowest BCUT2D eigenvalue weighted by Crippen LogP contribution is -2.47. The zero-order valence-corrected chi connectivity index (χ0v) is 10.8. The molecule has 2 heterocycles. The largest absolute Gasteiger partial charge is 0.353 e. The van der Waals surface area contributed by atoms with Gasteiger partial charge < -0.3 is 15.2 Å². The summed E-state index contributed by atoms with van der Waals surface area (Å²) in [5.41, 5.74) is 1.98. The molecule has 2 N–H and O–H groups in total. The van der Waals surface area contributed by atoms with Gasteiger partial charge in [0.05, 0.1) is 5.02 Å². The van der Waals surface area contributed by atoms with Crippen molar-refractivity contribution in [2.45, 2.75) is 6.04 Å². The van der Waals surface area contributed by atoms with E-state index in [2.05, 4.69) is 10.6 Å². The monoisotopic (exact) mass is 263 g/mol. The second-order valence-electron chi connectivity index (χ2n) is 4.51. The van der Waals surface area contributed by atoms with Crippen molar-refractivity contribution >= 4 is 28.4 Å². The van der Waals surface area contributed by atoms with Crippen molar-refractivity contribution in [2.24, 2.45) is 7.05 Å². The van der Waals surface area contributed by atoms with E-state index < -0.39 is 0 Å². The fourth-order valence-corrected chi connectivity index (χ4v) is 2.78. The lowest BCUT2D eigenvalue weighted by Gasteiger charge is -2.23. The number of piperazine rings is 1. The summed E-state index contributed by atoms with van der Waals surface area (Å²) in [6.07, 6.45) is 1.97. The smallest absolute Gasteiger partial charge is 0.241 e. The highest BCUT2D eigenvalue weighted by atomic mass is 35.5. The number of amides is 1. The van der Waals surface area contributed by atoms with E-state index in [1.165, 1.54) is 0 Å². The quantitative estimate of drug-likeness (QED) is 0.821. The molecule has 5 heteroatoms. The normalized spacial score (nSPS) is 20.1. The topological polar surface area (TPSA) is 46.1 Å². The van der Waals surface area contributed by atoms with Crippen LogP contribution in [0.3, 0.4) is 0 Å². The molecule has 1 fully saturated rings. The van der Waals surface area contributed by atoms with Crippen molar-refractivity contribution in [3.63, 3.8) is 0 Å². The van der Waals surface area contributed by atoms with Crippen molar-refractivity contribution in [3.8, 4) is 0 Å². The summed E-state index contributed by atoms with van der Waals surface area (Å²) in [7, 11) is 1.96. The maximum Gasteiger partial charge on any atom is 0.241 e. The van der Waals surface area contributed by atoms with Crippen molar-refractivity contribution in [3.05, 3.63) is 35.0 Å². The minimum Gasteiger partial charge on any atom is -0.353 e. The Morgan fingerprint density at radius 2 is 2.22 bits per heavy atom. The molecule has 1 unspecified atom stereocenters. The molecule has 4 nitrogen and oxygen atoms in total. The molecule has 0 aliphatic carbocycles. The first-order chi connectivity index (χ1) is 8.68. The zero-order valence-electron chi connectivity index (χ0n) is 10.0. The van der Waals surface area contributed by atoms with Crippen molar-refractivity contribution in [2.75, 3.05) is 13.1 Å². The number of carbonyl (C=O) groups is 1. The van der Waals surface area contributed by atoms with Crippen LogP contribution in [-0.4, -0.2) is 23.6 Å². The minimum absolute atomic E-state index is 0.00803. The van der Waals surface area contributed by atoms with Gasteiger partial charge in [0.15, 0.2) is 0 Å². The highest BCUT2D eigenvalue weighted by Crippen LogP contribution is 2.32. The molecular weight excluding hydrogens is 250 g/mol. The van der Waals surface area contributed by atoms with Gasteiger partial charge in [-0.3, -0.25) is 4.79 Å². The number of halogens is 1. The van der Waals surface area contributed by atoms with Crippen LogP contribution in [0, 0.1) is 0 Å². The van der Waals surface area contributed by atoms with Gasteiger partial charge in [0, 0.05) is 42.8 Å². The maximum absolute atomic E-state index is 11.9. The van der Waals surface area contributed by atoms with Crippen LogP contribution in [0.15, 0.2) is 24.4 Å². The minimum atomic E-state index is -0.317. The van der Waals surface area contributed by atoms with E-state index in [1.807, 2.05) is 36.0 Å². The van der Waals surface area contributed by atoms with Crippen LogP contribution in [-0.2, 0) is 11.8 Å². The molecule has 1 amide bonds. The summed E-state index contributed by atoms with van der Waals surface area (Å²) in [6, 6.07) is 5.46. The van der Waals surface area contributed by atoms with E-state index in [0.29, 0.717) is 11.6 Å². The zero-order chi connectivity index (χ0) is 12.7. The third-order valence-corrected chi connectivity index (χ3v) is 3.65. The van der Waals surface area contributed by atoms with Gasteiger partial charge in [0.2, 0.25) is 5.91 Å². The number of aromatic nitrogens is 1. The van der Waals surface area contributed by atoms with E-state index in [9.17, 15) is 4.79 Å². The van der Waals surface area contributed by atoms with Gasteiger partial charge in [-0.1, -0.05) is 17.7 Å². The summed E-state index contributed by atoms with van der Waals surface area (Å²) in [6.45, 7) is 1.45. The number of carbonyl (C=O) groups excluding carboxylic acids is 1. The van der Waals surface area contributed by atoms with Crippen LogP contribution in [0.4, 0.5) is 0 Å². The van der Waals surface area contributed by atoms with E-state index in [4.69, 9.17) is 11.6 Å². The number of nitrogens with zero attached hydrogens (tertiary/aromatic N) is 1. The Morgan fingerprint density at radius 3 is 3.00 bits per heavy atom. The number of hydrogen-bond donors (Lipinski definition) is 2. The molecule has 0 bridgehead atoms. The van der Waals surface area contributed by atoms with Crippen LogP contribution < -0.4 is 10.6 Å². The number of fused-ring (bicyclic) bond motifs is 1. The second kappa shape index (κ2) is 4.30. The maximum atomic E-state index is 11.9. The van der Waals surface area contributed by atoms with Gasteiger partial charge in [-0.2, -0.15) is 0 Å². The summed E-state index contributed by atoms with van der Waals surface area (Å²) >= 11 is 6.27. The summed E-state index contributed by atoms with van der Waals surface area (Å²) < 4.78 is 2.00. The van der Waals surface area contributed by atoms with Crippen LogP contribution in [0.1, 0.15) is 11.6 Å². The van der Waals surface area contributed by atoms with E-state index in [1.54, 1.807) is 0 Å². The first-order valence-electron chi connectivity index (χ1n) is 5.93. The van der Waals surface area contributed by atoms with Gasteiger partial charge in [-0.15, -0.1) is 0 Å². The summed E-state index contributed by atoms with van der Waals surface area (Å²) in [5.74, 6) is 0.00803. The molecule has 0 spiro atoms. The molecule has 3 rings (SSSR count). The number of hydrogen-bond acceptors (Lipinski definition) is 2. The number of rotatable bonds is 1. The van der Waals surface area contributed by atoms with E-state index in [0.717, 1.165) is 23.0 Å². The molecule has 0 radical (unpaired) electrons. The van der Waals surface area contributed by atoms with Crippen molar-refractivity contribution in [1.29, 1.82) is 0 Å². The molecule has 1 aliphatic heterocycles. The Bertz CT molecular complexity index is 620. The average Bonchev–Trinajstić information content (AvgIpc) is 2.69. The van der Waals surface area contributed by atoms with Crippen LogP contribution >= 0.6 is 11.6 Å². The number of aryl methyl sites for hydroxylation is 1. The fraction of sp³-hybridized carbons (Fsp3) is 0.308. The predicted molar refractivity (Wildman–Crippen MR) is 71.7 cm³/mol. The van der Waals surface area contributed by atoms with Crippen LogP contribution in [0.5, 0.6) is 0 Å². The van der Waals surface area contributed by atoms with Gasteiger partial charge in [0.1, 0.15) is 6.04 Å². The molecule has 0 saturated carbocycles. The molecular formula is C13H14ClN3O. The molecule has 2 aromatic rings. The Balaban J connectivity index is 2.20. The molecule has 1 aliphatic rings. The second-order valence-corrected chi connectivity index (χ2v) is 4.91. The molecule has 94 valence electrons. The first-order valence-corrected chi connectivity index (χ1v) is 6.31. The molecule has 1 aromatic heterocycles. The standard InChI is InChI=1S/C13H14ClN3O/c1-17-7-8(12-13(18)16-6-5-15-12)11-9(14)3-2-4-10(11)17/h2-4,7,12,15H,5-6H2,1H3,(H,16,18). The SMILES string of the molecule is Cn1cc(C2NCCNC2=O)c2c(Cl)cccc21. The Labute approximate surface area is 110 Å². The number of benzene rings is 1. The van der Waals surface area contributed by atoms with Crippen molar-refractivity contribution < 1.29 is 4.79 Å². The lowest BCUT2D eigenvalue weighted by molar-refractivity contribution is -0.124. The van der Waals surface area contributed by atoms with Gasteiger partial charge >= 0.3 is 0 Å². The van der Waals surface area contributed by atoms with Gasteiger partial charge in [-0.25, -0.2) is 0 Å². The highest BCUT2D eigenvalue weighted by molar-refractivity contribution is 6.35.